The molecule has 6 heteroatoms. The summed E-state index contributed by atoms with van der Waals surface area (Å²) in [6.07, 6.45) is 1.10. The molecular formula is C18H19FN2O2S. The molecule has 1 atom stereocenters. The SMILES string of the molecule is O=C(O)N(c1ccc(F)cc1-c1cccs1)[C@H]1CN2CCC1CC2. The number of halogens is 1. The number of carbonyl (C=O) groups is 1. The van der Waals surface area contributed by atoms with Crippen molar-refractivity contribution in [1.29, 1.82) is 0 Å². The van der Waals surface area contributed by atoms with Gasteiger partial charge in [0.2, 0.25) is 0 Å². The Labute approximate surface area is 144 Å². The van der Waals surface area contributed by atoms with Crippen LogP contribution in [0.1, 0.15) is 12.8 Å². The lowest BCUT2D eigenvalue weighted by molar-refractivity contribution is 0.0838. The second-order valence-electron chi connectivity index (χ2n) is 6.50. The Balaban J connectivity index is 1.78. The first-order valence-electron chi connectivity index (χ1n) is 8.21. The molecule has 0 spiro atoms. The Morgan fingerprint density at radius 3 is 2.67 bits per heavy atom. The zero-order valence-corrected chi connectivity index (χ0v) is 14.0. The molecule has 1 N–H and O–H groups in total. The minimum absolute atomic E-state index is 0.0610. The number of anilines is 1. The largest absolute Gasteiger partial charge is 0.465 e. The van der Waals surface area contributed by atoms with Crippen molar-refractivity contribution < 1.29 is 14.3 Å². The highest BCUT2D eigenvalue weighted by Crippen LogP contribution is 2.39. The van der Waals surface area contributed by atoms with Gasteiger partial charge in [0, 0.05) is 17.0 Å². The predicted octanol–water partition coefficient (Wildman–Crippen LogP) is 4.13. The van der Waals surface area contributed by atoms with Crippen LogP contribution in [0.2, 0.25) is 0 Å². The van der Waals surface area contributed by atoms with Gasteiger partial charge in [0.1, 0.15) is 5.82 Å². The minimum atomic E-state index is -0.960. The molecule has 0 radical (unpaired) electrons. The number of amides is 1. The standard InChI is InChI=1S/C18H19FN2O2S/c19-13-3-4-15(14(10-13)17-2-1-9-24-17)21(18(22)23)16-11-20-7-5-12(16)6-8-20/h1-4,9-10,12,16H,5-8,11H2,(H,22,23)/t16-/m0/s1. The van der Waals surface area contributed by atoms with Gasteiger partial charge in [-0.1, -0.05) is 6.07 Å². The molecule has 1 aromatic heterocycles. The molecule has 4 nitrogen and oxygen atoms in total. The van der Waals surface area contributed by atoms with Crippen LogP contribution in [0.5, 0.6) is 0 Å². The highest BCUT2D eigenvalue weighted by Gasteiger charge is 2.40. The first kappa shape index (κ1) is 15.6. The lowest BCUT2D eigenvalue weighted by atomic mass is 9.83. The van der Waals surface area contributed by atoms with Gasteiger partial charge in [-0.15, -0.1) is 11.3 Å². The van der Waals surface area contributed by atoms with E-state index in [1.165, 1.54) is 28.4 Å². The number of hydrogen-bond donors (Lipinski definition) is 1. The lowest BCUT2D eigenvalue weighted by Gasteiger charge is -2.48. The Kier molecular flexibility index (Phi) is 4.02. The Morgan fingerprint density at radius 1 is 1.29 bits per heavy atom. The third kappa shape index (κ3) is 2.70. The Bertz CT molecular complexity index is 741. The van der Waals surface area contributed by atoms with E-state index in [0.29, 0.717) is 17.2 Å². The molecule has 1 aromatic carbocycles. The molecule has 0 saturated carbocycles. The average molecular weight is 346 g/mol. The fraction of sp³-hybridized carbons (Fsp3) is 0.389. The van der Waals surface area contributed by atoms with E-state index < -0.39 is 6.09 Å². The van der Waals surface area contributed by atoms with Crippen LogP contribution in [0, 0.1) is 11.7 Å². The van der Waals surface area contributed by atoms with Gasteiger partial charge in [0.25, 0.3) is 0 Å². The van der Waals surface area contributed by atoms with Gasteiger partial charge >= 0.3 is 6.09 Å². The molecule has 2 bridgehead atoms. The molecule has 3 aliphatic rings. The lowest BCUT2D eigenvalue weighted by Crippen LogP contribution is -2.58. The maximum Gasteiger partial charge on any atom is 0.412 e. The second-order valence-corrected chi connectivity index (χ2v) is 7.44. The van der Waals surface area contributed by atoms with Crippen molar-refractivity contribution in [3.63, 3.8) is 0 Å². The smallest absolute Gasteiger partial charge is 0.412 e. The fourth-order valence-corrected chi connectivity index (χ4v) is 4.75. The fourth-order valence-electron chi connectivity index (χ4n) is 4.00. The summed E-state index contributed by atoms with van der Waals surface area (Å²) in [5.74, 6) is 0.0359. The average Bonchev–Trinajstić information content (AvgIpc) is 3.12. The molecule has 24 heavy (non-hydrogen) atoms. The van der Waals surface area contributed by atoms with E-state index in [1.807, 2.05) is 17.5 Å². The van der Waals surface area contributed by atoms with Crippen molar-refractivity contribution in [2.75, 3.05) is 24.5 Å². The van der Waals surface area contributed by atoms with E-state index in [2.05, 4.69) is 4.90 Å². The number of piperidine rings is 3. The van der Waals surface area contributed by atoms with Gasteiger partial charge in [-0.2, -0.15) is 0 Å². The van der Waals surface area contributed by atoms with E-state index in [-0.39, 0.29) is 11.9 Å². The first-order valence-corrected chi connectivity index (χ1v) is 9.09. The summed E-state index contributed by atoms with van der Waals surface area (Å²) in [4.78, 5) is 16.8. The third-order valence-electron chi connectivity index (χ3n) is 5.16. The topological polar surface area (TPSA) is 43.8 Å². The molecule has 0 aliphatic carbocycles. The van der Waals surface area contributed by atoms with E-state index in [1.54, 1.807) is 6.07 Å². The zero-order chi connectivity index (χ0) is 16.7. The summed E-state index contributed by atoms with van der Waals surface area (Å²) in [6, 6.07) is 8.14. The molecule has 1 amide bonds. The maximum atomic E-state index is 13.8. The van der Waals surface area contributed by atoms with Crippen molar-refractivity contribution >= 4 is 23.1 Å². The third-order valence-corrected chi connectivity index (χ3v) is 6.07. The summed E-state index contributed by atoms with van der Waals surface area (Å²) in [5.41, 5.74) is 1.24. The van der Waals surface area contributed by atoms with E-state index in [4.69, 9.17) is 0 Å². The monoisotopic (exact) mass is 346 g/mol. The molecule has 4 heterocycles. The van der Waals surface area contributed by atoms with Crippen LogP contribution >= 0.6 is 11.3 Å². The summed E-state index contributed by atoms with van der Waals surface area (Å²) in [6.45, 7) is 2.86. The molecule has 0 unspecified atom stereocenters. The number of nitrogens with zero attached hydrogens (tertiary/aromatic N) is 2. The van der Waals surface area contributed by atoms with E-state index in [9.17, 15) is 14.3 Å². The number of carboxylic acid groups (broad SMARTS) is 1. The summed E-state index contributed by atoms with van der Waals surface area (Å²) in [5, 5.41) is 11.8. The number of hydrogen-bond acceptors (Lipinski definition) is 3. The van der Waals surface area contributed by atoms with Crippen LogP contribution < -0.4 is 4.90 Å². The van der Waals surface area contributed by atoms with Crippen LogP contribution in [0.15, 0.2) is 35.7 Å². The van der Waals surface area contributed by atoms with Gasteiger partial charge in [-0.25, -0.2) is 9.18 Å². The van der Waals surface area contributed by atoms with Crippen LogP contribution in [-0.2, 0) is 0 Å². The Morgan fingerprint density at radius 2 is 2.08 bits per heavy atom. The van der Waals surface area contributed by atoms with Crippen LogP contribution in [0.4, 0.5) is 14.9 Å². The van der Waals surface area contributed by atoms with Gasteiger partial charge in [0.15, 0.2) is 0 Å². The maximum absolute atomic E-state index is 13.8. The minimum Gasteiger partial charge on any atom is -0.465 e. The molecule has 3 aliphatic heterocycles. The van der Waals surface area contributed by atoms with Gasteiger partial charge in [0.05, 0.1) is 11.7 Å². The van der Waals surface area contributed by atoms with Crippen LogP contribution in [0.25, 0.3) is 10.4 Å². The van der Waals surface area contributed by atoms with Crippen molar-refractivity contribution in [2.24, 2.45) is 5.92 Å². The predicted molar refractivity (Wildman–Crippen MR) is 93.2 cm³/mol. The molecular weight excluding hydrogens is 327 g/mol. The summed E-state index contributed by atoms with van der Waals surface area (Å²) < 4.78 is 13.8. The van der Waals surface area contributed by atoms with Crippen molar-refractivity contribution in [3.8, 4) is 10.4 Å². The zero-order valence-electron chi connectivity index (χ0n) is 13.2. The normalized spacial score (nSPS) is 25.6. The number of fused-ring (bicyclic) bond motifs is 3. The molecule has 5 rings (SSSR count). The van der Waals surface area contributed by atoms with E-state index in [0.717, 1.165) is 37.4 Å². The van der Waals surface area contributed by atoms with Gasteiger partial charge in [-0.3, -0.25) is 4.90 Å². The molecule has 126 valence electrons. The van der Waals surface area contributed by atoms with Crippen LogP contribution in [-0.4, -0.2) is 41.8 Å². The molecule has 3 fully saturated rings. The first-order chi connectivity index (χ1) is 11.6. The summed E-state index contributed by atoms with van der Waals surface area (Å²) in [7, 11) is 0. The number of thiophene rings is 1. The summed E-state index contributed by atoms with van der Waals surface area (Å²) >= 11 is 1.49. The quantitative estimate of drug-likeness (QED) is 0.909. The van der Waals surface area contributed by atoms with Gasteiger partial charge < -0.3 is 10.0 Å². The van der Waals surface area contributed by atoms with Gasteiger partial charge in [-0.05, 0) is 61.5 Å². The highest BCUT2D eigenvalue weighted by molar-refractivity contribution is 7.13. The van der Waals surface area contributed by atoms with E-state index >= 15 is 0 Å². The number of rotatable bonds is 3. The van der Waals surface area contributed by atoms with Crippen LogP contribution in [0.3, 0.4) is 0 Å². The van der Waals surface area contributed by atoms with Crippen molar-refractivity contribution in [2.45, 2.75) is 18.9 Å². The second kappa shape index (κ2) is 6.18. The number of benzene rings is 1. The van der Waals surface area contributed by atoms with Crippen molar-refractivity contribution in [3.05, 3.63) is 41.5 Å². The molecule has 3 saturated heterocycles. The molecule has 2 aromatic rings. The highest BCUT2D eigenvalue weighted by atomic mass is 32.1. The van der Waals surface area contributed by atoms with Crippen molar-refractivity contribution in [1.82, 2.24) is 4.90 Å². The Hall–Kier alpha value is -1.92.